The van der Waals surface area contributed by atoms with E-state index in [0.717, 1.165) is 43.7 Å². The molecule has 0 aliphatic rings. The van der Waals surface area contributed by atoms with E-state index in [1.165, 1.54) is 11.9 Å². The number of aromatic nitrogens is 3. The van der Waals surface area contributed by atoms with Gasteiger partial charge in [0.05, 0.1) is 19.7 Å². The van der Waals surface area contributed by atoms with Crippen molar-refractivity contribution in [1.29, 1.82) is 0 Å². The molecule has 0 amide bonds. The number of methoxy groups -OCH3 is 2. The van der Waals surface area contributed by atoms with Gasteiger partial charge in [-0.05, 0) is 83.2 Å². The van der Waals surface area contributed by atoms with Crippen molar-refractivity contribution in [1.82, 2.24) is 9.97 Å². The maximum Gasteiger partial charge on any atom is 0.191 e. The van der Waals surface area contributed by atoms with E-state index in [0.29, 0.717) is 11.5 Å². The quantitative estimate of drug-likeness (QED) is 0.300. The Morgan fingerprint density at radius 1 is 0.765 bits per heavy atom. The molecular formula is C27H23N4O2S+. The van der Waals surface area contributed by atoms with Gasteiger partial charge >= 0.3 is 0 Å². The van der Waals surface area contributed by atoms with Crippen molar-refractivity contribution in [2.75, 3.05) is 18.9 Å². The van der Waals surface area contributed by atoms with Crippen LogP contribution in [0.3, 0.4) is 0 Å². The molecule has 0 saturated heterocycles. The average molecular weight is 468 g/mol. The molecule has 5 aromatic rings. The summed E-state index contributed by atoms with van der Waals surface area (Å²) in [5.74, 6) is 1.41. The lowest BCUT2D eigenvalue weighted by Crippen LogP contribution is -2.02. The molecule has 0 radical (unpaired) electrons. The summed E-state index contributed by atoms with van der Waals surface area (Å²) in [4.78, 5) is 13.0. The zero-order valence-corrected chi connectivity index (χ0v) is 19.6. The lowest BCUT2D eigenvalue weighted by molar-refractivity contribution is -0.376. The Bertz CT molecular complexity index is 1440. The molecule has 0 spiro atoms. The summed E-state index contributed by atoms with van der Waals surface area (Å²) in [5, 5.41) is 1.10. The van der Waals surface area contributed by atoms with Gasteiger partial charge in [-0.25, -0.2) is 4.98 Å². The highest BCUT2D eigenvalue weighted by molar-refractivity contribution is 8.00. The number of pyridine rings is 3. The molecule has 0 unspecified atom stereocenters. The predicted octanol–water partition coefficient (Wildman–Crippen LogP) is 5.91. The summed E-state index contributed by atoms with van der Waals surface area (Å²) in [6, 6.07) is 20.4. The fourth-order valence-corrected chi connectivity index (χ4v) is 4.46. The Kier molecular flexibility index (Phi) is 6.27. The highest BCUT2D eigenvalue weighted by Gasteiger charge is 2.10. The number of ether oxygens (including phenoxy) is 2. The van der Waals surface area contributed by atoms with Crippen molar-refractivity contribution in [2.45, 2.75) is 4.90 Å². The zero-order chi connectivity index (χ0) is 23.3. The predicted molar refractivity (Wildman–Crippen MR) is 136 cm³/mol. The van der Waals surface area contributed by atoms with E-state index in [4.69, 9.17) is 9.47 Å². The van der Waals surface area contributed by atoms with Gasteiger partial charge in [-0.1, -0.05) is 6.07 Å². The maximum absolute atomic E-state index is 5.40. The van der Waals surface area contributed by atoms with Gasteiger partial charge in [-0.2, -0.15) is 0 Å². The summed E-state index contributed by atoms with van der Waals surface area (Å²) >= 11 is 1.51. The first-order valence-corrected chi connectivity index (χ1v) is 11.5. The zero-order valence-electron chi connectivity index (χ0n) is 18.8. The third kappa shape index (κ3) is 4.51. The largest absolute Gasteiger partial charge is 0.493 e. The number of fused-ring (bicyclic) bond motifs is 1. The van der Waals surface area contributed by atoms with Crippen LogP contribution in [0.2, 0.25) is 0 Å². The Balaban J connectivity index is 1.42. The smallest absolute Gasteiger partial charge is 0.191 e. The summed E-state index contributed by atoms with van der Waals surface area (Å²) < 4.78 is 14.1. The van der Waals surface area contributed by atoms with Gasteiger partial charge in [0.15, 0.2) is 23.9 Å². The number of rotatable bonds is 7. The monoisotopic (exact) mass is 467 g/mol. The fraction of sp³-hybridized carbons (Fsp3) is 0.0741. The fourth-order valence-electron chi connectivity index (χ4n) is 3.80. The Morgan fingerprint density at radius 3 is 2.44 bits per heavy atom. The number of hydrogen-bond acceptors (Lipinski definition) is 6. The second kappa shape index (κ2) is 9.80. The molecule has 3 heterocycles. The summed E-state index contributed by atoms with van der Waals surface area (Å²) in [7, 11) is 3.27. The van der Waals surface area contributed by atoms with E-state index in [1.54, 1.807) is 14.2 Å². The molecule has 7 heteroatoms. The first-order chi connectivity index (χ1) is 16.7. The number of H-pyrrole nitrogens is 1. The summed E-state index contributed by atoms with van der Waals surface area (Å²) in [5.41, 5.74) is 6.35. The van der Waals surface area contributed by atoms with Crippen LogP contribution in [0, 0.1) is 0 Å². The van der Waals surface area contributed by atoms with Gasteiger partial charge in [0.1, 0.15) is 5.69 Å². The maximum atomic E-state index is 5.40. The molecule has 2 aromatic carbocycles. The van der Waals surface area contributed by atoms with Crippen molar-refractivity contribution >= 4 is 28.5 Å². The van der Waals surface area contributed by atoms with Crippen LogP contribution in [0.25, 0.3) is 33.2 Å². The van der Waals surface area contributed by atoms with Crippen LogP contribution in [-0.2, 0) is 0 Å². The average Bonchev–Trinajstić information content (AvgIpc) is 2.91. The standard InChI is InChI=1S/C27H22N4O2S/c1-32-26-6-4-22(15-27(26)33-2)34-31-21-13-20(16-29-17-21)19-3-5-25-24(14-19)23(9-12-30-25)18-7-10-28-11-8-18/h3-17,31H,1-2H3/p+1. The summed E-state index contributed by atoms with van der Waals surface area (Å²) in [6.45, 7) is 0. The number of hydrogen-bond donors (Lipinski definition) is 1. The second-order valence-corrected chi connectivity index (χ2v) is 8.44. The van der Waals surface area contributed by atoms with E-state index in [9.17, 15) is 0 Å². The first kappa shape index (κ1) is 21.7. The van der Waals surface area contributed by atoms with Crippen LogP contribution < -0.4 is 19.2 Å². The van der Waals surface area contributed by atoms with Crippen molar-refractivity contribution in [3.8, 4) is 33.8 Å². The second-order valence-electron chi connectivity index (χ2n) is 7.56. The molecule has 0 aliphatic carbocycles. The molecule has 0 bridgehead atoms. The molecule has 0 saturated carbocycles. The van der Waals surface area contributed by atoms with E-state index < -0.39 is 0 Å². The van der Waals surface area contributed by atoms with Gasteiger partial charge in [-0.15, -0.1) is 0 Å². The number of nitrogens with one attached hydrogen (secondary N) is 2. The molecule has 6 nitrogen and oxygen atoms in total. The van der Waals surface area contributed by atoms with Gasteiger partial charge < -0.3 is 14.2 Å². The van der Waals surface area contributed by atoms with Crippen molar-refractivity contribution in [3.63, 3.8) is 0 Å². The van der Waals surface area contributed by atoms with Gasteiger partial charge in [0.25, 0.3) is 0 Å². The Morgan fingerprint density at radius 2 is 1.62 bits per heavy atom. The number of nitrogens with zero attached hydrogens (tertiary/aromatic N) is 2. The molecule has 0 atom stereocenters. The van der Waals surface area contributed by atoms with E-state index >= 15 is 0 Å². The first-order valence-electron chi connectivity index (χ1n) is 10.7. The minimum Gasteiger partial charge on any atom is -0.493 e. The lowest BCUT2D eigenvalue weighted by Gasteiger charge is -2.10. The minimum atomic E-state index is 0.699. The highest BCUT2D eigenvalue weighted by atomic mass is 32.2. The number of aromatic amines is 1. The van der Waals surface area contributed by atoms with Gasteiger partial charge in [0, 0.05) is 34.4 Å². The number of anilines is 1. The SMILES string of the molecule is COc1ccc(SNc2c[nH+]cc(-c3ccc4nccc(-c5ccncc5)c4c3)c2)cc1OC. The van der Waals surface area contributed by atoms with Crippen molar-refractivity contribution in [2.24, 2.45) is 0 Å². The molecular weight excluding hydrogens is 444 g/mol. The van der Waals surface area contributed by atoms with Crippen molar-refractivity contribution in [3.05, 3.63) is 91.6 Å². The van der Waals surface area contributed by atoms with E-state index in [1.807, 2.05) is 67.4 Å². The minimum absolute atomic E-state index is 0.699. The van der Waals surface area contributed by atoms with Crippen LogP contribution in [0.15, 0.2) is 96.5 Å². The van der Waals surface area contributed by atoms with Crippen LogP contribution in [0.5, 0.6) is 11.5 Å². The van der Waals surface area contributed by atoms with Crippen LogP contribution in [-0.4, -0.2) is 24.2 Å². The van der Waals surface area contributed by atoms with Gasteiger partial charge in [0.2, 0.25) is 0 Å². The van der Waals surface area contributed by atoms with Crippen molar-refractivity contribution < 1.29 is 14.5 Å². The molecule has 5 rings (SSSR count). The Labute approximate surface area is 202 Å². The molecule has 0 fully saturated rings. The molecule has 168 valence electrons. The third-order valence-electron chi connectivity index (χ3n) is 5.50. The highest BCUT2D eigenvalue weighted by Crippen LogP contribution is 2.34. The molecule has 34 heavy (non-hydrogen) atoms. The third-order valence-corrected chi connectivity index (χ3v) is 6.32. The molecule has 2 N–H and O–H groups in total. The lowest BCUT2D eigenvalue weighted by atomic mass is 9.98. The normalized spacial score (nSPS) is 10.8. The van der Waals surface area contributed by atoms with Gasteiger partial charge in [-0.3, -0.25) is 9.97 Å². The number of benzene rings is 2. The van der Waals surface area contributed by atoms with Crippen LogP contribution in [0.1, 0.15) is 0 Å². The van der Waals surface area contributed by atoms with E-state index in [-0.39, 0.29) is 0 Å². The Hall–Kier alpha value is -4.10. The van der Waals surface area contributed by atoms with Crippen LogP contribution in [0.4, 0.5) is 5.69 Å². The topological polar surface area (TPSA) is 70.4 Å². The van der Waals surface area contributed by atoms with Crippen LogP contribution >= 0.6 is 11.9 Å². The molecule has 0 aliphatic heterocycles. The van der Waals surface area contributed by atoms with E-state index in [2.05, 4.69) is 43.9 Å². The summed E-state index contributed by atoms with van der Waals surface area (Å²) in [6.07, 6.45) is 9.40. The molecule has 3 aromatic heterocycles.